The van der Waals surface area contributed by atoms with Crippen LogP contribution in [-0.2, 0) is 11.2 Å². The molecular weight excluding hydrogens is 387 g/mol. The van der Waals surface area contributed by atoms with Crippen molar-refractivity contribution in [2.45, 2.75) is 6.42 Å². The Labute approximate surface area is 171 Å². The zero-order valence-corrected chi connectivity index (χ0v) is 15.7. The maximum atomic E-state index is 13.0. The molecule has 2 aromatic heterocycles. The fraction of sp³-hybridized carbons (Fsp3) is 0.0455. The number of hydrogen-bond donors (Lipinski definition) is 2. The lowest BCUT2D eigenvalue weighted by molar-refractivity contribution is -0.121. The number of carbonyl (C=O) groups is 2. The Kier molecular flexibility index (Phi) is 5.38. The van der Waals surface area contributed by atoms with Crippen LogP contribution in [0.25, 0.3) is 17.1 Å². The van der Waals surface area contributed by atoms with Crippen molar-refractivity contribution in [3.8, 4) is 17.1 Å². The number of nitrogens with one attached hydrogen (secondary N) is 2. The fourth-order valence-corrected chi connectivity index (χ4v) is 2.88. The molecule has 0 bridgehead atoms. The average Bonchev–Trinajstić information content (AvgIpc) is 3.44. The van der Waals surface area contributed by atoms with Crippen LogP contribution in [-0.4, -0.2) is 21.6 Å². The van der Waals surface area contributed by atoms with Crippen LogP contribution in [0, 0.1) is 5.82 Å². The molecule has 2 heterocycles. The number of aromatic nitrogens is 2. The Morgan fingerprint density at radius 2 is 1.73 bits per heavy atom. The zero-order chi connectivity index (χ0) is 20.9. The van der Waals surface area contributed by atoms with Gasteiger partial charge in [0.15, 0.2) is 5.76 Å². The van der Waals surface area contributed by atoms with E-state index in [1.165, 1.54) is 35.2 Å². The first-order valence-electron chi connectivity index (χ1n) is 9.13. The second kappa shape index (κ2) is 8.44. The Balaban J connectivity index is 1.51. The summed E-state index contributed by atoms with van der Waals surface area (Å²) in [6.45, 7) is 0. The van der Waals surface area contributed by atoms with Crippen LogP contribution >= 0.6 is 0 Å². The number of hydrogen-bond acceptors (Lipinski definition) is 4. The number of carbonyl (C=O) groups excluding carboxylic acids is 2. The predicted octanol–water partition coefficient (Wildman–Crippen LogP) is 3.28. The molecule has 30 heavy (non-hydrogen) atoms. The summed E-state index contributed by atoms with van der Waals surface area (Å²) in [5, 5.41) is 4.46. The minimum Gasteiger partial charge on any atom is -0.463 e. The highest BCUT2D eigenvalue weighted by molar-refractivity contribution is 5.95. The summed E-state index contributed by atoms with van der Waals surface area (Å²) in [6, 6.07) is 19.7. The minimum atomic E-state index is -0.545. The van der Waals surface area contributed by atoms with E-state index < -0.39 is 11.8 Å². The maximum Gasteiger partial charge on any atom is 0.288 e. The van der Waals surface area contributed by atoms with E-state index in [-0.39, 0.29) is 17.9 Å². The molecular formula is C22H17FN4O3. The summed E-state index contributed by atoms with van der Waals surface area (Å²) >= 11 is 0. The van der Waals surface area contributed by atoms with Crippen molar-refractivity contribution in [2.24, 2.45) is 0 Å². The zero-order valence-electron chi connectivity index (χ0n) is 15.7. The van der Waals surface area contributed by atoms with Gasteiger partial charge in [0.25, 0.3) is 5.91 Å². The van der Waals surface area contributed by atoms with Gasteiger partial charge in [0.2, 0.25) is 5.91 Å². The number of halogens is 1. The second-order valence-corrected chi connectivity index (χ2v) is 6.45. The SMILES string of the molecule is O=C(Cc1ccc(F)cc1)NNC(=O)c1cc(-c2ccco2)nn1-c1ccccc1. The molecule has 2 N–H and O–H groups in total. The van der Waals surface area contributed by atoms with Crippen molar-refractivity contribution in [3.63, 3.8) is 0 Å². The molecule has 0 aliphatic rings. The first-order chi connectivity index (χ1) is 14.6. The largest absolute Gasteiger partial charge is 0.463 e. The third kappa shape index (κ3) is 4.27. The molecule has 7 nitrogen and oxygen atoms in total. The molecule has 4 rings (SSSR count). The maximum absolute atomic E-state index is 13.0. The first-order valence-corrected chi connectivity index (χ1v) is 9.13. The molecule has 150 valence electrons. The quantitative estimate of drug-likeness (QED) is 0.500. The predicted molar refractivity (Wildman–Crippen MR) is 107 cm³/mol. The Morgan fingerprint density at radius 3 is 2.43 bits per heavy atom. The summed E-state index contributed by atoms with van der Waals surface area (Å²) in [4.78, 5) is 24.9. The summed E-state index contributed by atoms with van der Waals surface area (Å²) in [6.07, 6.45) is 1.52. The van der Waals surface area contributed by atoms with E-state index >= 15 is 0 Å². The van der Waals surface area contributed by atoms with Crippen molar-refractivity contribution in [1.29, 1.82) is 0 Å². The van der Waals surface area contributed by atoms with Gasteiger partial charge in [-0.15, -0.1) is 0 Å². The highest BCUT2D eigenvalue weighted by atomic mass is 19.1. The standard InChI is InChI=1S/C22H17FN4O3/c23-16-10-8-15(9-11-16)13-21(28)24-25-22(29)19-14-18(20-7-4-12-30-20)26-27(19)17-5-2-1-3-6-17/h1-12,14H,13H2,(H,24,28)(H,25,29). The summed E-state index contributed by atoms with van der Waals surface area (Å²) in [5.41, 5.74) is 6.76. The van der Waals surface area contributed by atoms with Crippen molar-refractivity contribution >= 4 is 11.8 Å². The molecule has 0 unspecified atom stereocenters. The van der Waals surface area contributed by atoms with Crippen LogP contribution in [0.3, 0.4) is 0 Å². The van der Waals surface area contributed by atoms with Crippen LogP contribution in [0.15, 0.2) is 83.5 Å². The van der Waals surface area contributed by atoms with Gasteiger partial charge in [-0.1, -0.05) is 30.3 Å². The van der Waals surface area contributed by atoms with Gasteiger partial charge < -0.3 is 4.42 Å². The Hall–Kier alpha value is -4.20. The third-order valence-electron chi connectivity index (χ3n) is 4.31. The average molecular weight is 404 g/mol. The molecule has 0 atom stereocenters. The molecule has 2 aromatic carbocycles. The highest BCUT2D eigenvalue weighted by Gasteiger charge is 2.19. The van der Waals surface area contributed by atoms with Gasteiger partial charge in [-0.25, -0.2) is 9.07 Å². The highest BCUT2D eigenvalue weighted by Crippen LogP contribution is 2.22. The molecule has 0 aliphatic carbocycles. The Morgan fingerprint density at radius 1 is 0.967 bits per heavy atom. The lowest BCUT2D eigenvalue weighted by Crippen LogP contribution is -2.43. The molecule has 0 saturated heterocycles. The topological polar surface area (TPSA) is 89.2 Å². The molecule has 0 saturated carbocycles. The van der Waals surface area contributed by atoms with Crippen molar-refractivity contribution in [1.82, 2.24) is 20.6 Å². The molecule has 0 spiro atoms. The van der Waals surface area contributed by atoms with Gasteiger partial charge in [-0.05, 0) is 42.0 Å². The second-order valence-electron chi connectivity index (χ2n) is 6.45. The summed E-state index contributed by atoms with van der Waals surface area (Å²) in [7, 11) is 0. The number of rotatable bonds is 5. The van der Waals surface area contributed by atoms with Crippen LogP contribution < -0.4 is 10.9 Å². The van der Waals surface area contributed by atoms with E-state index in [1.807, 2.05) is 30.3 Å². The van der Waals surface area contributed by atoms with Crippen LogP contribution in [0.2, 0.25) is 0 Å². The van der Waals surface area contributed by atoms with Crippen LogP contribution in [0.5, 0.6) is 0 Å². The van der Waals surface area contributed by atoms with Gasteiger partial charge in [0.05, 0.1) is 18.4 Å². The normalized spacial score (nSPS) is 10.6. The van der Waals surface area contributed by atoms with E-state index in [0.29, 0.717) is 22.7 Å². The van der Waals surface area contributed by atoms with Crippen molar-refractivity contribution in [2.75, 3.05) is 0 Å². The van der Waals surface area contributed by atoms with E-state index in [1.54, 1.807) is 18.2 Å². The smallest absolute Gasteiger partial charge is 0.288 e. The molecule has 0 aliphatic heterocycles. The number of benzene rings is 2. The van der Waals surface area contributed by atoms with E-state index in [0.717, 1.165) is 0 Å². The van der Waals surface area contributed by atoms with E-state index in [2.05, 4.69) is 16.0 Å². The lowest BCUT2D eigenvalue weighted by Gasteiger charge is -2.09. The van der Waals surface area contributed by atoms with Gasteiger partial charge in [0, 0.05) is 6.07 Å². The molecule has 4 aromatic rings. The number of nitrogens with zero attached hydrogens (tertiary/aromatic N) is 2. The van der Waals surface area contributed by atoms with Gasteiger partial charge in [-0.3, -0.25) is 20.4 Å². The summed E-state index contributed by atoms with van der Waals surface area (Å²) < 4.78 is 19.8. The molecule has 8 heteroatoms. The summed E-state index contributed by atoms with van der Waals surface area (Å²) in [5.74, 6) is -0.850. The first kappa shape index (κ1) is 19.1. The van der Waals surface area contributed by atoms with Gasteiger partial charge in [0.1, 0.15) is 17.2 Å². The van der Waals surface area contributed by atoms with E-state index in [9.17, 15) is 14.0 Å². The molecule has 0 radical (unpaired) electrons. The molecule has 0 fully saturated rings. The van der Waals surface area contributed by atoms with Crippen LogP contribution in [0.1, 0.15) is 16.1 Å². The number of hydrazine groups is 1. The number of para-hydroxylation sites is 1. The van der Waals surface area contributed by atoms with E-state index in [4.69, 9.17) is 4.42 Å². The number of amides is 2. The van der Waals surface area contributed by atoms with Gasteiger partial charge in [-0.2, -0.15) is 5.10 Å². The molecule has 2 amide bonds. The Bertz CT molecular complexity index is 1150. The monoisotopic (exact) mass is 404 g/mol. The van der Waals surface area contributed by atoms with Crippen LogP contribution in [0.4, 0.5) is 4.39 Å². The third-order valence-corrected chi connectivity index (χ3v) is 4.31. The minimum absolute atomic E-state index is 0.00382. The van der Waals surface area contributed by atoms with Crippen molar-refractivity contribution < 1.29 is 18.4 Å². The lowest BCUT2D eigenvalue weighted by atomic mass is 10.1. The van der Waals surface area contributed by atoms with Gasteiger partial charge >= 0.3 is 0 Å². The fourth-order valence-electron chi connectivity index (χ4n) is 2.88. The van der Waals surface area contributed by atoms with Crippen molar-refractivity contribution in [3.05, 3.63) is 96.1 Å². The number of furan rings is 1.